The first-order valence-corrected chi connectivity index (χ1v) is 6.15. The molecule has 1 aromatic heterocycles. The highest BCUT2D eigenvalue weighted by Crippen LogP contribution is 2.16. The number of hydrogen-bond donors (Lipinski definition) is 0. The molecule has 0 spiro atoms. The molecular weight excluding hydrogens is 216 g/mol. The van der Waals surface area contributed by atoms with Gasteiger partial charge in [0.1, 0.15) is 6.10 Å². The first-order valence-electron chi connectivity index (χ1n) is 6.15. The van der Waals surface area contributed by atoms with Crippen LogP contribution in [0, 0.1) is 0 Å². The topological polar surface area (TPSA) is 42.4 Å². The molecule has 0 aromatic carbocycles. The van der Waals surface area contributed by atoms with E-state index in [1.807, 2.05) is 23.1 Å². The third-order valence-electron chi connectivity index (χ3n) is 2.87. The molecule has 4 heteroatoms. The Morgan fingerprint density at radius 3 is 3.00 bits per heavy atom. The standard InChI is InChI=1S/C13H18N2O2/c1-2-3-7-13(16)15-9-11(10-15)17-12-6-4-5-8-14-12/h4-6,8,11H,2-3,7,9-10H2,1H3. The van der Waals surface area contributed by atoms with Crippen LogP contribution >= 0.6 is 0 Å². The van der Waals surface area contributed by atoms with Crippen LogP contribution in [-0.2, 0) is 4.79 Å². The number of carbonyl (C=O) groups is 1. The van der Waals surface area contributed by atoms with Gasteiger partial charge in [0.2, 0.25) is 11.8 Å². The Morgan fingerprint density at radius 1 is 1.53 bits per heavy atom. The van der Waals surface area contributed by atoms with E-state index in [9.17, 15) is 4.79 Å². The molecule has 1 aliphatic heterocycles. The first kappa shape index (κ1) is 11.9. The van der Waals surface area contributed by atoms with Gasteiger partial charge in [-0.05, 0) is 12.5 Å². The summed E-state index contributed by atoms with van der Waals surface area (Å²) in [5.41, 5.74) is 0. The van der Waals surface area contributed by atoms with Crippen LogP contribution in [0.25, 0.3) is 0 Å². The number of aromatic nitrogens is 1. The smallest absolute Gasteiger partial charge is 0.222 e. The Balaban J connectivity index is 1.70. The monoisotopic (exact) mass is 234 g/mol. The minimum Gasteiger partial charge on any atom is -0.471 e. The molecule has 17 heavy (non-hydrogen) atoms. The Labute approximate surface area is 102 Å². The second-order valence-electron chi connectivity index (χ2n) is 4.31. The Bertz CT molecular complexity index is 361. The van der Waals surface area contributed by atoms with Crippen molar-refractivity contribution in [2.75, 3.05) is 13.1 Å². The summed E-state index contributed by atoms with van der Waals surface area (Å²) >= 11 is 0. The molecule has 1 amide bonds. The zero-order valence-corrected chi connectivity index (χ0v) is 10.1. The lowest BCUT2D eigenvalue weighted by Gasteiger charge is -2.38. The SMILES string of the molecule is CCCCC(=O)N1CC(Oc2ccccn2)C1. The number of rotatable bonds is 5. The van der Waals surface area contributed by atoms with Crippen molar-refractivity contribution in [3.05, 3.63) is 24.4 Å². The van der Waals surface area contributed by atoms with E-state index >= 15 is 0 Å². The normalized spacial score (nSPS) is 15.5. The number of unbranched alkanes of at least 4 members (excludes halogenated alkanes) is 1. The van der Waals surface area contributed by atoms with Crippen LogP contribution in [0.1, 0.15) is 26.2 Å². The molecule has 0 unspecified atom stereocenters. The molecule has 0 radical (unpaired) electrons. The maximum atomic E-state index is 11.6. The zero-order valence-electron chi connectivity index (χ0n) is 10.1. The molecule has 2 heterocycles. The molecule has 0 bridgehead atoms. The summed E-state index contributed by atoms with van der Waals surface area (Å²) in [7, 11) is 0. The van der Waals surface area contributed by atoms with Crippen LogP contribution in [0.3, 0.4) is 0 Å². The van der Waals surface area contributed by atoms with Crippen LogP contribution < -0.4 is 4.74 Å². The summed E-state index contributed by atoms with van der Waals surface area (Å²) in [6, 6.07) is 5.58. The van der Waals surface area contributed by atoms with E-state index in [1.165, 1.54) is 0 Å². The van der Waals surface area contributed by atoms with Gasteiger partial charge in [0, 0.05) is 18.7 Å². The van der Waals surface area contributed by atoms with Gasteiger partial charge in [0.05, 0.1) is 13.1 Å². The average Bonchev–Trinajstić information content (AvgIpc) is 2.31. The number of likely N-dealkylation sites (tertiary alicyclic amines) is 1. The van der Waals surface area contributed by atoms with Gasteiger partial charge >= 0.3 is 0 Å². The van der Waals surface area contributed by atoms with Crippen molar-refractivity contribution in [1.29, 1.82) is 0 Å². The van der Waals surface area contributed by atoms with Gasteiger partial charge in [0.25, 0.3) is 0 Å². The van der Waals surface area contributed by atoms with E-state index in [0.29, 0.717) is 25.4 Å². The molecule has 0 saturated carbocycles. The lowest BCUT2D eigenvalue weighted by atomic mass is 10.1. The van der Waals surface area contributed by atoms with Crippen molar-refractivity contribution in [3.63, 3.8) is 0 Å². The fourth-order valence-electron chi connectivity index (χ4n) is 1.79. The Morgan fingerprint density at radius 2 is 2.35 bits per heavy atom. The fraction of sp³-hybridized carbons (Fsp3) is 0.538. The number of hydrogen-bond acceptors (Lipinski definition) is 3. The number of nitrogens with zero attached hydrogens (tertiary/aromatic N) is 2. The maximum absolute atomic E-state index is 11.6. The summed E-state index contributed by atoms with van der Waals surface area (Å²) in [5, 5.41) is 0. The van der Waals surface area contributed by atoms with Crippen molar-refractivity contribution in [2.24, 2.45) is 0 Å². The second-order valence-corrected chi connectivity index (χ2v) is 4.31. The molecule has 1 fully saturated rings. The van der Waals surface area contributed by atoms with E-state index in [0.717, 1.165) is 12.8 Å². The van der Waals surface area contributed by atoms with E-state index < -0.39 is 0 Å². The van der Waals surface area contributed by atoms with E-state index in [4.69, 9.17) is 4.74 Å². The molecule has 0 N–H and O–H groups in total. The Hall–Kier alpha value is -1.58. The highest BCUT2D eigenvalue weighted by molar-refractivity contribution is 5.77. The van der Waals surface area contributed by atoms with Gasteiger partial charge in [-0.2, -0.15) is 0 Å². The molecule has 0 atom stereocenters. The largest absolute Gasteiger partial charge is 0.471 e. The van der Waals surface area contributed by atoms with E-state index in [2.05, 4.69) is 11.9 Å². The van der Waals surface area contributed by atoms with Crippen molar-refractivity contribution >= 4 is 5.91 Å². The van der Waals surface area contributed by atoms with Crippen LogP contribution in [0.2, 0.25) is 0 Å². The third kappa shape index (κ3) is 3.19. The molecule has 4 nitrogen and oxygen atoms in total. The molecule has 1 saturated heterocycles. The molecule has 2 rings (SSSR count). The predicted molar refractivity (Wildman–Crippen MR) is 64.8 cm³/mol. The maximum Gasteiger partial charge on any atom is 0.222 e. The van der Waals surface area contributed by atoms with Crippen molar-refractivity contribution in [1.82, 2.24) is 9.88 Å². The molecule has 92 valence electrons. The molecule has 1 aromatic rings. The summed E-state index contributed by atoms with van der Waals surface area (Å²) in [6.45, 7) is 3.48. The number of ether oxygens (including phenoxy) is 1. The predicted octanol–water partition coefficient (Wildman–Crippen LogP) is 1.86. The number of amides is 1. The Kier molecular flexibility index (Phi) is 3.96. The third-order valence-corrected chi connectivity index (χ3v) is 2.87. The summed E-state index contributed by atoms with van der Waals surface area (Å²) in [6.07, 6.45) is 4.51. The van der Waals surface area contributed by atoms with Gasteiger partial charge in [0.15, 0.2) is 0 Å². The minimum atomic E-state index is 0.107. The number of carbonyl (C=O) groups excluding carboxylic acids is 1. The quantitative estimate of drug-likeness (QED) is 0.781. The van der Waals surface area contributed by atoms with Crippen LogP contribution in [0.5, 0.6) is 5.88 Å². The van der Waals surface area contributed by atoms with E-state index in [-0.39, 0.29) is 12.0 Å². The van der Waals surface area contributed by atoms with Crippen LogP contribution in [0.15, 0.2) is 24.4 Å². The summed E-state index contributed by atoms with van der Waals surface area (Å²) in [5.74, 6) is 0.880. The summed E-state index contributed by atoms with van der Waals surface area (Å²) < 4.78 is 5.63. The van der Waals surface area contributed by atoms with Gasteiger partial charge in [-0.25, -0.2) is 4.98 Å². The van der Waals surface area contributed by atoms with Crippen LogP contribution in [-0.4, -0.2) is 35.0 Å². The minimum absolute atomic E-state index is 0.107. The highest BCUT2D eigenvalue weighted by Gasteiger charge is 2.31. The number of pyridine rings is 1. The second kappa shape index (κ2) is 5.66. The highest BCUT2D eigenvalue weighted by atomic mass is 16.5. The van der Waals surface area contributed by atoms with Crippen molar-refractivity contribution in [2.45, 2.75) is 32.3 Å². The zero-order chi connectivity index (χ0) is 12.1. The fourth-order valence-corrected chi connectivity index (χ4v) is 1.79. The lowest BCUT2D eigenvalue weighted by molar-refractivity contribution is -0.140. The molecule has 0 aliphatic carbocycles. The first-order chi connectivity index (χ1) is 8.29. The summed E-state index contributed by atoms with van der Waals surface area (Å²) in [4.78, 5) is 17.6. The lowest BCUT2D eigenvalue weighted by Crippen LogP contribution is -2.56. The molecule has 1 aliphatic rings. The van der Waals surface area contributed by atoms with Gasteiger partial charge in [-0.3, -0.25) is 4.79 Å². The van der Waals surface area contributed by atoms with Crippen LogP contribution in [0.4, 0.5) is 0 Å². The van der Waals surface area contributed by atoms with Gasteiger partial charge in [-0.1, -0.05) is 19.4 Å². The van der Waals surface area contributed by atoms with Crippen molar-refractivity contribution < 1.29 is 9.53 Å². The molecular formula is C13H18N2O2. The average molecular weight is 234 g/mol. The van der Waals surface area contributed by atoms with Gasteiger partial charge in [-0.15, -0.1) is 0 Å². The van der Waals surface area contributed by atoms with Gasteiger partial charge < -0.3 is 9.64 Å². The van der Waals surface area contributed by atoms with Crippen molar-refractivity contribution in [3.8, 4) is 5.88 Å². The van der Waals surface area contributed by atoms with E-state index in [1.54, 1.807) is 6.20 Å².